The van der Waals surface area contributed by atoms with Gasteiger partial charge in [-0.2, -0.15) is 0 Å². The zero-order valence-corrected chi connectivity index (χ0v) is 8.42. The van der Waals surface area contributed by atoms with Gasteiger partial charge < -0.3 is 5.32 Å². The van der Waals surface area contributed by atoms with Gasteiger partial charge in [-0.25, -0.2) is 0 Å². The smallest absolute Gasteiger partial charge is 0.238 e. The Morgan fingerprint density at radius 3 is 2.85 bits per heavy atom. The molecule has 0 aromatic carbocycles. The van der Waals surface area contributed by atoms with Crippen LogP contribution in [0.25, 0.3) is 0 Å². The second-order valence-electron chi connectivity index (χ2n) is 3.59. The summed E-state index contributed by atoms with van der Waals surface area (Å²) in [6, 6.07) is 0.0220. The van der Waals surface area contributed by atoms with Crippen LogP contribution in [0.1, 0.15) is 26.2 Å². The van der Waals surface area contributed by atoms with Crippen molar-refractivity contribution in [1.82, 2.24) is 10.2 Å². The number of likely N-dealkylation sites (N-methyl/N-ethyl adjacent to an activating group) is 1. The van der Waals surface area contributed by atoms with Gasteiger partial charge in [-0.15, -0.1) is 6.58 Å². The molecule has 3 heteroatoms. The van der Waals surface area contributed by atoms with Crippen molar-refractivity contribution in [2.45, 2.75) is 38.4 Å². The summed E-state index contributed by atoms with van der Waals surface area (Å²) in [6.45, 7) is 5.61. The molecule has 0 bridgehead atoms. The van der Waals surface area contributed by atoms with Crippen molar-refractivity contribution in [3.63, 3.8) is 0 Å². The Labute approximate surface area is 79.8 Å². The maximum absolute atomic E-state index is 11.3. The van der Waals surface area contributed by atoms with Gasteiger partial charge in [0.2, 0.25) is 5.91 Å². The van der Waals surface area contributed by atoms with Gasteiger partial charge in [0.1, 0.15) is 0 Å². The summed E-state index contributed by atoms with van der Waals surface area (Å²) in [6.07, 6.45) is 5.27. The molecule has 1 heterocycles. The first-order valence-corrected chi connectivity index (χ1v) is 4.80. The van der Waals surface area contributed by atoms with Crippen molar-refractivity contribution in [3.8, 4) is 0 Å². The zero-order chi connectivity index (χ0) is 9.84. The Hall–Kier alpha value is -0.830. The Bertz CT molecular complexity index is 203. The highest BCUT2D eigenvalue weighted by Crippen LogP contribution is 2.14. The number of hydrogen-bond acceptors (Lipinski definition) is 2. The molecule has 0 aromatic heterocycles. The first-order chi connectivity index (χ1) is 6.16. The van der Waals surface area contributed by atoms with Crippen LogP contribution >= 0.6 is 0 Å². The number of nitrogens with one attached hydrogen (secondary N) is 1. The number of carbonyl (C=O) groups excluding carboxylic acids is 1. The summed E-state index contributed by atoms with van der Waals surface area (Å²) in [5.74, 6) is 0.145. The third kappa shape index (κ3) is 2.31. The molecule has 0 spiro atoms. The summed E-state index contributed by atoms with van der Waals surface area (Å²) in [7, 11) is 1.99. The Morgan fingerprint density at radius 2 is 2.38 bits per heavy atom. The maximum atomic E-state index is 11.3. The molecule has 1 saturated heterocycles. The van der Waals surface area contributed by atoms with E-state index in [-0.39, 0.29) is 18.1 Å². The van der Waals surface area contributed by atoms with Crippen LogP contribution in [0.3, 0.4) is 0 Å². The SMILES string of the molecule is C=CCCC[C@@H]1NC(=O)[C@H](C)N1C. The van der Waals surface area contributed by atoms with Crippen molar-refractivity contribution >= 4 is 5.91 Å². The van der Waals surface area contributed by atoms with Crippen LogP contribution in [0.15, 0.2) is 12.7 Å². The molecular formula is C10H18N2O. The van der Waals surface area contributed by atoms with Gasteiger partial charge in [0.15, 0.2) is 0 Å². The molecule has 1 aliphatic heterocycles. The van der Waals surface area contributed by atoms with Crippen molar-refractivity contribution in [1.29, 1.82) is 0 Å². The number of nitrogens with zero attached hydrogens (tertiary/aromatic N) is 1. The van der Waals surface area contributed by atoms with Crippen molar-refractivity contribution in [2.24, 2.45) is 0 Å². The minimum atomic E-state index is 0.0220. The highest BCUT2D eigenvalue weighted by atomic mass is 16.2. The average Bonchev–Trinajstić information content (AvgIpc) is 2.34. The number of rotatable bonds is 4. The number of allylic oxidation sites excluding steroid dienone is 1. The second-order valence-corrected chi connectivity index (χ2v) is 3.59. The predicted octanol–water partition coefficient (Wildman–Crippen LogP) is 1.12. The summed E-state index contributed by atoms with van der Waals surface area (Å²) >= 11 is 0. The largest absolute Gasteiger partial charge is 0.339 e. The van der Waals surface area contributed by atoms with E-state index in [1.165, 1.54) is 0 Å². The molecule has 1 aliphatic rings. The van der Waals surface area contributed by atoms with E-state index >= 15 is 0 Å². The third-order valence-electron chi connectivity index (χ3n) is 2.68. The quantitative estimate of drug-likeness (QED) is 0.522. The lowest BCUT2D eigenvalue weighted by Gasteiger charge is -2.20. The van der Waals surface area contributed by atoms with Gasteiger partial charge in [-0.1, -0.05) is 6.08 Å². The lowest BCUT2D eigenvalue weighted by atomic mass is 10.2. The number of unbranched alkanes of at least 4 members (excludes halogenated alkanes) is 1. The van der Waals surface area contributed by atoms with Crippen LogP contribution in [0.4, 0.5) is 0 Å². The topological polar surface area (TPSA) is 32.3 Å². The summed E-state index contributed by atoms with van der Waals surface area (Å²) in [4.78, 5) is 13.3. The van der Waals surface area contributed by atoms with Gasteiger partial charge >= 0.3 is 0 Å². The highest BCUT2D eigenvalue weighted by Gasteiger charge is 2.32. The van der Waals surface area contributed by atoms with E-state index in [1.807, 2.05) is 20.0 Å². The van der Waals surface area contributed by atoms with Gasteiger partial charge in [0, 0.05) is 0 Å². The van der Waals surface area contributed by atoms with Crippen molar-refractivity contribution in [3.05, 3.63) is 12.7 Å². The van der Waals surface area contributed by atoms with Crippen molar-refractivity contribution < 1.29 is 4.79 Å². The molecule has 0 aromatic rings. The van der Waals surface area contributed by atoms with Crippen LogP contribution in [0.5, 0.6) is 0 Å². The molecule has 1 rings (SSSR count). The fourth-order valence-electron chi connectivity index (χ4n) is 1.57. The average molecular weight is 182 g/mol. The number of hydrogen-bond donors (Lipinski definition) is 1. The summed E-state index contributed by atoms with van der Waals surface area (Å²) in [5.41, 5.74) is 0. The number of carbonyl (C=O) groups is 1. The molecule has 1 fully saturated rings. The lowest BCUT2D eigenvalue weighted by molar-refractivity contribution is -0.120. The number of amides is 1. The Balaban J connectivity index is 2.35. The van der Waals surface area contributed by atoms with Crippen LogP contribution in [0, 0.1) is 0 Å². The van der Waals surface area contributed by atoms with E-state index in [0.29, 0.717) is 0 Å². The van der Waals surface area contributed by atoms with E-state index < -0.39 is 0 Å². The van der Waals surface area contributed by atoms with Gasteiger partial charge in [-0.05, 0) is 33.2 Å². The first-order valence-electron chi connectivity index (χ1n) is 4.80. The maximum Gasteiger partial charge on any atom is 0.238 e. The second kappa shape index (κ2) is 4.42. The molecule has 1 N–H and O–H groups in total. The van der Waals surface area contributed by atoms with Crippen LogP contribution < -0.4 is 5.32 Å². The van der Waals surface area contributed by atoms with Crippen LogP contribution in [-0.2, 0) is 4.79 Å². The minimum absolute atomic E-state index is 0.0220. The first kappa shape index (κ1) is 10.3. The molecule has 3 nitrogen and oxygen atoms in total. The summed E-state index contributed by atoms with van der Waals surface area (Å²) < 4.78 is 0. The fraction of sp³-hybridized carbons (Fsp3) is 0.700. The Morgan fingerprint density at radius 1 is 1.69 bits per heavy atom. The molecule has 0 aliphatic carbocycles. The van der Waals surface area contributed by atoms with E-state index in [0.717, 1.165) is 19.3 Å². The monoisotopic (exact) mass is 182 g/mol. The van der Waals surface area contributed by atoms with Gasteiger partial charge in [0.25, 0.3) is 0 Å². The molecule has 74 valence electrons. The normalized spacial score (nSPS) is 28.9. The molecular weight excluding hydrogens is 164 g/mol. The molecule has 0 unspecified atom stereocenters. The van der Waals surface area contributed by atoms with E-state index in [4.69, 9.17) is 0 Å². The summed E-state index contributed by atoms with van der Waals surface area (Å²) in [5, 5.41) is 2.96. The molecule has 0 saturated carbocycles. The molecule has 13 heavy (non-hydrogen) atoms. The fourth-order valence-corrected chi connectivity index (χ4v) is 1.57. The van der Waals surface area contributed by atoms with Gasteiger partial charge in [0.05, 0.1) is 12.2 Å². The molecule has 2 atom stereocenters. The molecule has 0 radical (unpaired) electrons. The third-order valence-corrected chi connectivity index (χ3v) is 2.68. The predicted molar refractivity (Wildman–Crippen MR) is 53.2 cm³/mol. The van der Waals surface area contributed by atoms with E-state index in [9.17, 15) is 4.79 Å². The van der Waals surface area contributed by atoms with E-state index in [2.05, 4.69) is 16.8 Å². The zero-order valence-electron chi connectivity index (χ0n) is 8.42. The van der Waals surface area contributed by atoms with Gasteiger partial charge in [-0.3, -0.25) is 9.69 Å². The van der Waals surface area contributed by atoms with E-state index in [1.54, 1.807) is 0 Å². The van der Waals surface area contributed by atoms with Crippen LogP contribution in [0.2, 0.25) is 0 Å². The van der Waals surface area contributed by atoms with Crippen LogP contribution in [-0.4, -0.2) is 30.1 Å². The standard InChI is InChI=1S/C10H18N2O/c1-4-5-6-7-9-11-10(13)8(2)12(9)3/h4,8-9H,1,5-7H2,2-3H3,(H,11,13)/t8-,9+/m0/s1. The van der Waals surface area contributed by atoms with Crippen molar-refractivity contribution in [2.75, 3.05) is 7.05 Å². The Kier molecular flexibility index (Phi) is 3.48. The molecule has 1 amide bonds. The highest BCUT2D eigenvalue weighted by molar-refractivity contribution is 5.83. The lowest BCUT2D eigenvalue weighted by Crippen LogP contribution is -2.34. The minimum Gasteiger partial charge on any atom is -0.339 e.